The van der Waals surface area contributed by atoms with Gasteiger partial charge in [-0.1, -0.05) is 13.8 Å². The van der Waals surface area contributed by atoms with E-state index in [0.717, 1.165) is 0 Å². The normalized spacial score (nSPS) is 34.6. The highest BCUT2D eigenvalue weighted by Crippen LogP contribution is 2.36. The molecule has 2 rings (SSSR count). The van der Waals surface area contributed by atoms with Crippen molar-refractivity contribution in [2.24, 2.45) is 11.8 Å². The van der Waals surface area contributed by atoms with Crippen molar-refractivity contribution in [1.82, 2.24) is 0 Å². The van der Waals surface area contributed by atoms with Crippen molar-refractivity contribution in [3.63, 3.8) is 0 Å². The van der Waals surface area contributed by atoms with E-state index in [9.17, 15) is 14.9 Å². The second-order valence-corrected chi connectivity index (χ2v) is 5.81. The minimum atomic E-state index is -0.757. The van der Waals surface area contributed by atoms with Crippen LogP contribution in [0.5, 0.6) is 0 Å². The lowest BCUT2D eigenvalue weighted by atomic mass is 9.78. The molecule has 7 nitrogen and oxygen atoms in total. The summed E-state index contributed by atoms with van der Waals surface area (Å²) in [5.41, 5.74) is 0. The SMILES string of the molecule is CC(C)C(=O)OC(C)C1CC2OCOC2CC1[N+](=O)[O-]. The number of ether oxygens (including phenoxy) is 3. The van der Waals surface area contributed by atoms with Crippen LogP contribution in [0.3, 0.4) is 0 Å². The molecule has 114 valence electrons. The van der Waals surface area contributed by atoms with E-state index in [1.807, 2.05) is 0 Å². The number of rotatable bonds is 4. The summed E-state index contributed by atoms with van der Waals surface area (Å²) in [6.07, 6.45) is -0.0362. The van der Waals surface area contributed by atoms with Gasteiger partial charge in [0.05, 0.1) is 24.0 Å². The molecule has 1 heterocycles. The topological polar surface area (TPSA) is 87.9 Å². The summed E-state index contributed by atoms with van der Waals surface area (Å²) in [4.78, 5) is 22.6. The number of esters is 1. The van der Waals surface area contributed by atoms with Gasteiger partial charge in [0, 0.05) is 11.3 Å². The molecule has 0 aromatic rings. The maximum atomic E-state index is 11.7. The molecule has 1 aliphatic heterocycles. The number of hydrogen-bond acceptors (Lipinski definition) is 6. The summed E-state index contributed by atoms with van der Waals surface area (Å²) in [6.45, 7) is 5.39. The molecule has 0 radical (unpaired) electrons. The lowest BCUT2D eigenvalue weighted by Crippen LogP contribution is -2.48. The minimum Gasteiger partial charge on any atom is -0.462 e. The van der Waals surface area contributed by atoms with Gasteiger partial charge in [-0.25, -0.2) is 0 Å². The smallest absolute Gasteiger partial charge is 0.308 e. The third kappa shape index (κ3) is 3.09. The first-order valence-electron chi connectivity index (χ1n) is 6.97. The quantitative estimate of drug-likeness (QED) is 0.441. The Morgan fingerprint density at radius 2 is 1.85 bits per heavy atom. The van der Waals surface area contributed by atoms with Gasteiger partial charge < -0.3 is 14.2 Å². The molecule has 2 aliphatic rings. The van der Waals surface area contributed by atoms with Crippen LogP contribution in [0.1, 0.15) is 33.6 Å². The summed E-state index contributed by atoms with van der Waals surface area (Å²) in [6, 6.07) is -0.757. The van der Waals surface area contributed by atoms with Gasteiger partial charge in [0.15, 0.2) is 0 Å². The van der Waals surface area contributed by atoms with Gasteiger partial charge in [-0.3, -0.25) is 14.9 Å². The summed E-state index contributed by atoms with van der Waals surface area (Å²) in [5, 5.41) is 11.2. The summed E-state index contributed by atoms with van der Waals surface area (Å²) in [5.74, 6) is -0.908. The molecule has 7 heteroatoms. The maximum absolute atomic E-state index is 11.7. The van der Waals surface area contributed by atoms with Crippen LogP contribution in [0, 0.1) is 22.0 Å². The molecule has 2 fully saturated rings. The van der Waals surface area contributed by atoms with Crippen molar-refractivity contribution in [2.45, 2.75) is 58.0 Å². The molecule has 0 aromatic heterocycles. The number of nitro groups is 1. The third-order valence-electron chi connectivity index (χ3n) is 4.10. The number of hydrogen-bond donors (Lipinski definition) is 0. The summed E-state index contributed by atoms with van der Waals surface area (Å²) >= 11 is 0. The van der Waals surface area contributed by atoms with Gasteiger partial charge in [0.2, 0.25) is 6.04 Å². The molecule has 1 saturated heterocycles. The fourth-order valence-electron chi connectivity index (χ4n) is 2.86. The zero-order valence-electron chi connectivity index (χ0n) is 12.0. The van der Waals surface area contributed by atoms with E-state index in [1.165, 1.54) is 0 Å². The molecule has 0 bridgehead atoms. The Balaban J connectivity index is 2.06. The van der Waals surface area contributed by atoms with Crippen molar-refractivity contribution in [3.8, 4) is 0 Å². The zero-order chi connectivity index (χ0) is 14.9. The first-order valence-corrected chi connectivity index (χ1v) is 6.97. The Kier molecular flexibility index (Phi) is 4.59. The van der Waals surface area contributed by atoms with Gasteiger partial charge in [0.1, 0.15) is 12.9 Å². The Morgan fingerprint density at radius 3 is 2.40 bits per heavy atom. The maximum Gasteiger partial charge on any atom is 0.308 e. The van der Waals surface area contributed by atoms with Gasteiger partial charge in [-0.05, 0) is 13.3 Å². The van der Waals surface area contributed by atoms with Crippen LogP contribution >= 0.6 is 0 Å². The Hall–Kier alpha value is -1.21. The molecule has 20 heavy (non-hydrogen) atoms. The van der Waals surface area contributed by atoms with Crippen molar-refractivity contribution >= 4 is 5.97 Å². The molecule has 1 aliphatic carbocycles. The van der Waals surface area contributed by atoms with Crippen LogP contribution in [-0.4, -0.2) is 42.0 Å². The van der Waals surface area contributed by atoms with Crippen molar-refractivity contribution in [3.05, 3.63) is 10.1 Å². The van der Waals surface area contributed by atoms with Crippen LogP contribution < -0.4 is 0 Å². The van der Waals surface area contributed by atoms with E-state index in [2.05, 4.69) is 0 Å². The van der Waals surface area contributed by atoms with Crippen LogP contribution in [-0.2, 0) is 19.0 Å². The van der Waals surface area contributed by atoms with E-state index in [0.29, 0.717) is 12.8 Å². The van der Waals surface area contributed by atoms with Gasteiger partial charge in [-0.2, -0.15) is 0 Å². The molecule has 1 saturated carbocycles. The van der Waals surface area contributed by atoms with Crippen molar-refractivity contribution in [2.75, 3.05) is 6.79 Å². The molecular formula is C13H21NO6. The highest BCUT2D eigenvalue weighted by atomic mass is 16.7. The number of nitrogens with zero attached hydrogens (tertiary/aromatic N) is 1. The van der Waals surface area contributed by atoms with Gasteiger partial charge >= 0.3 is 5.97 Å². The van der Waals surface area contributed by atoms with E-state index < -0.39 is 12.1 Å². The van der Waals surface area contributed by atoms with Gasteiger partial charge in [-0.15, -0.1) is 0 Å². The second-order valence-electron chi connectivity index (χ2n) is 5.81. The largest absolute Gasteiger partial charge is 0.462 e. The summed E-state index contributed by atoms with van der Waals surface area (Å²) < 4.78 is 16.1. The van der Waals surface area contributed by atoms with Crippen molar-refractivity contribution in [1.29, 1.82) is 0 Å². The lowest BCUT2D eigenvalue weighted by molar-refractivity contribution is -0.540. The second kappa shape index (κ2) is 6.05. The molecule has 0 amide bonds. The number of carbonyl (C=O) groups is 1. The van der Waals surface area contributed by atoms with Crippen LogP contribution in [0.15, 0.2) is 0 Å². The van der Waals surface area contributed by atoms with Gasteiger partial charge in [0.25, 0.3) is 0 Å². The first-order chi connectivity index (χ1) is 9.40. The monoisotopic (exact) mass is 287 g/mol. The molecule has 0 aromatic carbocycles. The van der Waals surface area contributed by atoms with E-state index in [4.69, 9.17) is 14.2 Å². The first kappa shape index (κ1) is 15.2. The van der Waals surface area contributed by atoms with E-state index in [-0.39, 0.29) is 41.7 Å². The standard InChI is InChI=1S/C13H21NO6/c1-7(2)13(15)20-8(3)9-4-11-12(19-6-18-11)5-10(9)14(16)17/h7-12H,4-6H2,1-3H3. The number of fused-ring (bicyclic) bond motifs is 1. The third-order valence-corrected chi connectivity index (χ3v) is 4.10. The highest BCUT2D eigenvalue weighted by Gasteiger charge is 2.49. The average molecular weight is 287 g/mol. The predicted molar refractivity (Wildman–Crippen MR) is 68.5 cm³/mol. The molecule has 5 atom stereocenters. The average Bonchev–Trinajstić information content (AvgIpc) is 2.83. The Bertz CT molecular complexity index is 385. The van der Waals surface area contributed by atoms with E-state index >= 15 is 0 Å². The fraction of sp³-hybridized carbons (Fsp3) is 0.923. The minimum absolute atomic E-state index is 0.128. The zero-order valence-corrected chi connectivity index (χ0v) is 12.0. The Labute approximate surface area is 117 Å². The number of carbonyl (C=O) groups excluding carboxylic acids is 1. The van der Waals surface area contributed by atoms with Crippen LogP contribution in [0.25, 0.3) is 0 Å². The van der Waals surface area contributed by atoms with Crippen LogP contribution in [0.4, 0.5) is 0 Å². The molecule has 5 unspecified atom stereocenters. The van der Waals surface area contributed by atoms with E-state index in [1.54, 1.807) is 20.8 Å². The lowest BCUT2D eigenvalue weighted by Gasteiger charge is -2.34. The van der Waals surface area contributed by atoms with Crippen molar-refractivity contribution < 1.29 is 23.9 Å². The van der Waals surface area contributed by atoms with Crippen LogP contribution in [0.2, 0.25) is 0 Å². The Morgan fingerprint density at radius 1 is 1.25 bits per heavy atom. The molecule has 0 N–H and O–H groups in total. The highest BCUT2D eigenvalue weighted by molar-refractivity contribution is 5.71. The predicted octanol–water partition coefficient (Wildman–Crippen LogP) is 1.37. The fourth-order valence-corrected chi connectivity index (χ4v) is 2.86. The molecular weight excluding hydrogens is 266 g/mol. The molecule has 0 spiro atoms. The summed E-state index contributed by atoms with van der Waals surface area (Å²) in [7, 11) is 0.